The number of hydrogen-bond acceptors (Lipinski definition) is 6. The Morgan fingerprint density at radius 1 is 1.28 bits per heavy atom. The number of piperazine rings is 1. The molecule has 7 heteroatoms. The van der Waals surface area contributed by atoms with Gasteiger partial charge in [-0.3, -0.25) is 0 Å². The first-order valence-corrected chi connectivity index (χ1v) is 8.81. The molecular weight excluding hydrogens is 342 g/mol. The number of carbonyl (C=O) groups excluding carboxylic acids is 1. The van der Waals surface area contributed by atoms with Gasteiger partial charge in [-0.1, -0.05) is 25.4 Å². The third-order valence-electron chi connectivity index (χ3n) is 4.38. The Morgan fingerprint density at radius 3 is 2.52 bits per heavy atom. The molecule has 1 aliphatic rings. The third-order valence-corrected chi connectivity index (χ3v) is 4.71. The SMILES string of the molecule is COc1cc(N)c(Cl)cc1C(=O)OCC(C)(C)CN1CCN(C)CC1. The summed E-state index contributed by atoms with van der Waals surface area (Å²) in [5, 5.41) is 0.310. The highest BCUT2D eigenvalue weighted by atomic mass is 35.5. The summed E-state index contributed by atoms with van der Waals surface area (Å²) in [7, 11) is 3.62. The number of rotatable bonds is 6. The van der Waals surface area contributed by atoms with Gasteiger partial charge in [0.15, 0.2) is 0 Å². The Hall–Kier alpha value is -1.50. The van der Waals surface area contributed by atoms with Crippen molar-refractivity contribution >= 4 is 23.3 Å². The first-order chi connectivity index (χ1) is 11.7. The molecule has 0 radical (unpaired) electrons. The average Bonchev–Trinajstić information content (AvgIpc) is 2.56. The van der Waals surface area contributed by atoms with E-state index in [9.17, 15) is 4.79 Å². The number of esters is 1. The second kappa shape index (κ2) is 8.25. The summed E-state index contributed by atoms with van der Waals surface area (Å²) in [6, 6.07) is 3.03. The average molecular weight is 370 g/mol. The van der Waals surface area contributed by atoms with Crippen molar-refractivity contribution in [1.29, 1.82) is 0 Å². The quantitative estimate of drug-likeness (QED) is 0.613. The highest BCUT2D eigenvalue weighted by Crippen LogP contribution is 2.30. The lowest BCUT2D eigenvalue weighted by atomic mass is 9.93. The van der Waals surface area contributed by atoms with Gasteiger partial charge in [0.25, 0.3) is 0 Å². The molecule has 1 aromatic carbocycles. The molecule has 1 aliphatic heterocycles. The van der Waals surface area contributed by atoms with Crippen molar-refractivity contribution in [2.75, 3.05) is 59.2 Å². The number of anilines is 1. The molecule has 0 saturated carbocycles. The Morgan fingerprint density at radius 2 is 1.92 bits per heavy atom. The van der Waals surface area contributed by atoms with Gasteiger partial charge in [0.2, 0.25) is 0 Å². The van der Waals surface area contributed by atoms with Crippen LogP contribution in [0.15, 0.2) is 12.1 Å². The van der Waals surface area contributed by atoms with Crippen LogP contribution in [0, 0.1) is 5.41 Å². The summed E-state index contributed by atoms with van der Waals surface area (Å²) >= 11 is 6.02. The molecule has 0 aromatic heterocycles. The van der Waals surface area contributed by atoms with Gasteiger partial charge < -0.3 is 25.0 Å². The minimum Gasteiger partial charge on any atom is -0.496 e. The predicted molar refractivity (Wildman–Crippen MR) is 100 cm³/mol. The molecule has 0 unspecified atom stereocenters. The lowest BCUT2D eigenvalue weighted by molar-refractivity contribution is 0.0221. The van der Waals surface area contributed by atoms with Crippen molar-refractivity contribution in [2.45, 2.75) is 13.8 Å². The lowest BCUT2D eigenvalue weighted by Crippen LogP contribution is -2.48. The van der Waals surface area contributed by atoms with Crippen LogP contribution >= 0.6 is 11.6 Å². The van der Waals surface area contributed by atoms with Gasteiger partial charge in [-0.05, 0) is 13.1 Å². The van der Waals surface area contributed by atoms with Crippen molar-refractivity contribution in [3.63, 3.8) is 0 Å². The summed E-state index contributed by atoms with van der Waals surface area (Å²) in [6.45, 7) is 9.62. The molecule has 2 N–H and O–H groups in total. The summed E-state index contributed by atoms with van der Waals surface area (Å²) in [5.41, 5.74) is 6.26. The van der Waals surface area contributed by atoms with Crippen LogP contribution in [-0.2, 0) is 4.74 Å². The van der Waals surface area contributed by atoms with Gasteiger partial charge in [-0.25, -0.2) is 4.79 Å². The number of methoxy groups -OCH3 is 1. The molecule has 0 spiro atoms. The van der Waals surface area contributed by atoms with Gasteiger partial charge in [0.05, 0.1) is 24.4 Å². The van der Waals surface area contributed by atoms with Gasteiger partial charge in [0, 0.05) is 44.2 Å². The van der Waals surface area contributed by atoms with E-state index >= 15 is 0 Å². The predicted octanol–water partition coefficient (Wildman–Crippen LogP) is 2.36. The zero-order valence-electron chi connectivity index (χ0n) is 15.5. The van der Waals surface area contributed by atoms with Crippen LogP contribution in [0.1, 0.15) is 24.2 Å². The highest BCUT2D eigenvalue weighted by molar-refractivity contribution is 6.33. The molecule has 1 aromatic rings. The number of likely N-dealkylation sites (N-methyl/N-ethyl adjacent to an activating group) is 1. The highest BCUT2D eigenvalue weighted by Gasteiger charge is 2.27. The molecule has 6 nitrogen and oxygen atoms in total. The Kier molecular flexibility index (Phi) is 6.54. The molecule has 1 saturated heterocycles. The molecule has 0 bridgehead atoms. The number of ether oxygens (including phenoxy) is 2. The van der Waals surface area contributed by atoms with Crippen molar-refractivity contribution in [3.8, 4) is 5.75 Å². The van der Waals surface area contributed by atoms with Crippen molar-refractivity contribution in [1.82, 2.24) is 9.80 Å². The first-order valence-electron chi connectivity index (χ1n) is 8.43. The van der Waals surface area contributed by atoms with E-state index in [1.165, 1.54) is 19.2 Å². The molecule has 2 rings (SSSR count). The van der Waals surface area contributed by atoms with E-state index in [-0.39, 0.29) is 11.0 Å². The summed E-state index contributed by atoms with van der Waals surface area (Å²) in [4.78, 5) is 17.2. The van der Waals surface area contributed by atoms with Crippen LogP contribution in [0.3, 0.4) is 0 Å². The van der Waals surface area contributed by atoms with E-state index in [0.29, 0.717) is 23.1 Å². The number of nitrogens with zero attached hydrogens (tertiary/aromatic N) is 2. The van der Waals surface area contributed by atoms with Crippen LogP contribution in [0.4, 0.5) is 5.69 Å². The van der Waals surface area contributed by atoms with Crippen LogP contribution in [0.5, 0.6) is 5.75 Å². The molecule has 1 fully saturated rings. The largest absolute Gasteiger partial charge is 0.496 e. The molecule has 140 valence electrons. The Bertz CT molecular complexity index is 614. The maximum Gasteiger partial charge on any atom is 0.341 e. The van der Waals surface area contributed by atoms with Crippen LogP contribution in [-0.4, -0.2) is 69.3 Å². The van der Waals surface area contributed by atoms with Gasteiger partial charge in [-0.2, -0.15) is 0 Å². The minimum absolute atomic E-state index is 0.142. The van der Waals surface area contributed by atoms with E-state index in [0.717, 1.165) is 32.7 Å². The van der Waals surface area contributed by atoms with Crippen LogP contribution < -0.4 is 10.5 Å². The maximum atomic E-state index is 12.4. The number of carbonyl (C=O) groups is 1. The number of nitrogens with two attached hydrogens (primary N) is 1. The molecule has 0 atom stereocenters. The number of benzene rings is 1. The fraction of sp³-hybridized carbons (Fsp3) is 0.611. The monoisotopic (exact) mass is 369 g/mol. The Labute approximate surface area is 154 Å². The van der Waals surface area contributed by atoms with E-state index < -0.39 is 5.97 Å². The summed E-state index contributed by atoms with van der Waals surface area (Å²) in [6.07, 6.45) is 0. The van der Waals surface area contributed by atoms with Crippen molar-refractivity contribution in [3.05, 3.63) is 22.7 Å². The van der Waals surface area contributed by atoms with Crippen LogP contribution in [0.25, 0.3) is 0 Å². The normalized spacial score (nSPS) is 16.7. The number of halogens is 1. The van der Waals surface area contributed by atoms with Crippen molar-refractivity contribution < 1.29 is 14.3 Å². The summed E-state index contributed by atoms with van der Waals surface area (Å²) in [5.74, 6) is -0.0889. The molecule has 0 amide bonds. The second-order valence-corrected chi connectivity index (χ2v) is 7.80. The first kappa shape index (κ1) is 19.8. The Balaban J connectivity index is 1.95. The van der Waals surface area contributed by atoms with Gasteiger partial charge in [0.1, 0.15) is 11.3 Å². The lowest BCUT2D eigenvalue weighted by Gasteiger charge is -2.37. The van der Waals surface area contributed by atoms with Gasteiger partial charge >= 0.3 is 5.97 Å². The van der Waals surface area contributed by atoms with E-state index in [4.69, 9.17) is 26.8 Å². The summed E-state index contributed by atoms with van der Waals surface area (Å²) < 4.78 is 10.8. The fourth-order valence-electron chi connectivity index (χ4n) is 2.89. The zero-order valence-corrected chi connectivity index (χ0v) is 16.2. The van der Waals surface area contributed by atoms with Crippen molar-refractivity contribution in [2.24, 2.45) is 5.41 Å². The second-order valence-electron chi connectivity index (χ2n) is 7.39. The van der Waals surface area contributed by atoms with E-state index in [2.05, 4.69) is 30.7 Å². The number of hydrogen-bond donors (Lipinski definition) is 1. The van der Waals surface area contributed by atoms with Gasteiger partial charge in [-0.15, -0.1) is 0 Å². The smallest absolute Gasteiger partial charge is 0.341 e. The minimum atomic E-state index is -0.454. The maximum absolute atomic E-state index is 12.4. The molecule has 0 aliphatic carbocycles. The third kappa shape index (κ3) is 5.49. The fourth-order valence-corrected chi connectivity index (χ4v) is 3.06. The van der Waals surface area contributed by atoms with E-state index in [1.807, 2.05) is 0 Å². The number of nitrogen functional groups attached to an aromatic ring is 1. The standard InChI is InChI=1S/C18H28ClN3O3/c1-18(2,11-22-7-5-21(3)6-8-22)12-25-17(23)13-9-14(19)15(20)10-16(13)24-4/h9-10H,5-8,11-12,20H2,1-4H3. The molecule has 25 heavy (non-hydrogen) atoms. The zero-order chi connectivity index (χ0) is 18.6. The molecule has 1 heterocycles. The topological polar surface area (TPSA) is 68.0 Å². The van der Waals surface area contributed by atoms with Crippen LogP contribution in [0.2, 0.25) is 5.02 Å². The molecular formula is C18H28ClN3O3. The van der Waals surface area contributed by atoms with E-state index in [1.54, 1.807) is 0 Å².